The third kappa shape index (κ3) is 4.98. The Kier molecular flexibility index (Phi) is 5.29. The van der Waals surface area contributed by atoms with Crippen molar-refractivity contribution in [1.82, 2.24) is 10.6 Å². The maximum absolute atomic E-state index is 12.0. The second kappa shape index (κ2) is 7.02. The summed E-state index contributed by atoms with van der Waals surface area (Å²) in [7, 11) is 0. The van der Waals surface area contributed by atoms with E-state index in [0.717, 1.165) is 5.75 Å². The third-order valence-corrected chi connectivity index (χ3v) is 3.92. The van der Waals surface area contributed by atoms with Crippen molar-refractivity contribution < 1.29 is 14.3 Å². The minimum Gasteiger partial charge on any atom is -0.491 e. The second-order valence-corrected chi connectivity index (χ2v) is 7.15. The first-order valence-electron chi connectivity index (χ1n) is 8.09. The highest BCUT2D eigenvalue weighted by atomic mass is 16.5. The third-order valence-electron chi connectivity index (χ3n) is 3.92. The summed E-state index contributed by atoms with van der Waals surface area (Å²) in [5.74, 6) is 0.580. The fourth-order valence-electron chi connectivity index (χ4n) is 2.47. The average molecular weight is 318 g/mol. The van der Waals surface area contributed by atoms with Crippen LogP contribution < -0.4 is 15.4 Å². The van der Waals surface area contributed by atoms with Crippen molar-refractivity contribution in [3.8, 4) is 5.75 Å². The molecule has 5 heteroatoms. The molecule has 1 fully saturated rings. The van der Waals surface area contributed by atoms with Gasteiger partial charge in [-0.05, 0) is 36.5 Å². The van der Waals surface area contributed by atoms with Crippen LogP contribution in [0, 0.1) is 0 Å². The molecule has 1 aromatic rings. The molecule has 1 aliphatic heterocycles. The Morgan fingerprint density at radius 2 is 2.00 bits per heavy atom. The van der Waals surface area contributed by atoms with Crippen LogP contribution in [0.15, 0.2) is 24.3 Å². The summed E-state index contributed by atoms with van der Waals surface area (Å²) < 4.78 is 5.72. The standard InChI is InChI=1S/C18H26N2O3/c1-12(19-17(22)15-9-10-16(21)20-15)11-23-14-7-5-13(6-8-14)18(2,3)4/h5-8,12,15H,9-11H2,1-4H3,(H,19,22)(H,20,21)/t12-,15+/m1/s1. The fraction of sp³-hybridized carbons (Fsp3) is 0.556. The molecule has 0 radical (unpaired) electrons. The normalized spacial score (nSPS) is 19.1. The maximum Gasteiger partial charge on any atom is 0.242 e. The van der Waals surface area contributed by atoms with Crippen molar-refractivity contribution >= 4 is 11.8 Å². The Bertz CT molecular complexity index is 561. The number of nitrogens with one attached hydrogen (secondary N) is 2. The van der Waals surface area contributed by atoms with Gasteiger partial charge in [-0.3, -0.25) is 9.59 Å². The number of carbonyl (C=O) groups is 2. The molecule has 1 saturated heterocycles. The highest BCUT2D eigenvalue weighted by Crippen LogP contribution is 2.24. The number of benzene rings is 1. The first kappa shape index (κ1) is 17.3. The summed E-state index contributed by atoms with van der Waals surface area (Å²) in [4.78, 5) is 23.1. The number of rotatable bonds is 5. The lowest BCUT2D eigenvalue weighted by molar-refractivity contribution is -0.126. The van der Waals surface area contributed by atoms with Crippen LogP contribution in [0.2, 0.25) is 0 Å². The monoisotopic (exact) mass is 318 g/mol. The summed E-state index contributed by atoms with van der Waals surface area (Å²) >= 11 is 0. The van der Waals surface area contributed by atoms with Crippen LogP contribution >= 0.6 is 0 Å². The van der Waals surface area contributed by atoms with Crippen molar-refractivity contribution in [2.45, 2.75) is 58.0 Å². The fourth-order valence-corrected chi connectivity index (χ4v) is 2.47. The highest BCUT2D eigenvalue weighted by Gasteiger charge is 2.27. The van der Waals surface area contributed by atoms with E-state index in [0.29, 0.717) is 19.4 Å². The van der Waals surface area contributed by atoms with Gasteiger partial charge < -0.3 is 15.4 Å². The molecule has 1 heterocycles. The molecule has 126 valence electrons. The van der Waals surface area contributed by atoms with Gasteiger partial charge in [-0.25, -0.2) is 0 Å². The van der Waals surface area contributed by atoms with E-state index in [1.165, 1.54) is 5.56 Å². The van der Waals surface area contributed by atoms with E-state index in [2.05, 4.69) is 43.5 Å². The van der Waals surface area contributed by atoms with Gasteiger partial charge in [0.25, 0.3) is 0 Å². The molecule has 0 spiro atoms. The Balaban J connectivity index is 1.79. The molecule has 2 N–H and O–H groups in total. The summed E-state index contributed by atoms with van der Waals surface area (Å²) in [6, 6.07) is 7.50. The molecule has 0 bridgehead atoms. The van der Waals surface area contributed by atoms with Crippen LogP contribution in [-0.4, -0.2) is 30.5 Å². The molecule has 0 aromatic heterocycles. The molecule has 2 atom stereocenters. The number of hydrogen-bond acceptors (Lipinski definition) is 3. The number of ether oxygens (including phenoxy) is 1. The van der Waals surface area contributed by atoms with Crippen molar-refractivity contribution in [3.05, 3.63) is 29.8 Å². The molecular formula is C18H26N2O3. The average Bonchev–Trinajstić information content (AvgIpc) is 2.91. The Hall–Kier alpha value is -2.04. The van der Waals surface area contributed by atoms with Gasteiger partial charge in [-0.2, -0.15) is 0 Å². The molecule has 2 rings (SSSR count). The Labute approximate surface area is 137 Å². The van der Waals surface area contributed by atoms with Crippen molar-refractivity contribution in [2.75, 3.05) is 6.61 Å². The number of carbonyl (C=O) groups excluding carboxylic acids is 2. The summed E-state index contributed by atoms with van der Waals surface area (Å²) in [6.45, 7) is 8.78. The Morgan fingerprint density at radius 1 is 1.35 bits per heavy atom. The zero-order valence-electron chi connectivity index (χ0n) is 14.3. The summed E-state index contributed by atoms with van der Waals surface area (Å²) in [5, 5.41) is 5.53. The zero-order valence-corrected chi connectivity index (χ0v) is 14.3. The smallest absolute Gasteiger partial charge is 0.242 e. The van der Waals surface area contributed by atoms with Gasteiger partial charge in [0, 0.05) is 6.42 Å². The quantitative estimate of drug-likeness (QED) is 0.874. The molecule has 1 aromatic carbocycles. The molecule has 1 aliphatic rings. The van der Waals surface area contributed by atoms with Gasteiger partial charge in [0.1, 0.15) is 18.4 Å². The first-order chi connectivity index (χ1) is 10.8. The van der Waals surface area contributed by atoms with Gasteiger partial charge >= 0.3 is 0 Å². The number of hydrogen-bond donors (Lipinski definition) is 2. The van der Waals surface area contributed by atoms with Gasteiger partial charge in [0.2, 0.25) is 11.8 Å². The lowest BCUT2D eigenvalue weighted by Gasteiger charge is -2.20. The number of amides is 2. The van der Waals surface area contributed by atoms with E-state index in [-0.39, 0.29) is 23.3 Å². The van der Waals surface area contributed by atoms with Crippen molar-refractivity contribution in [3.63, 3.8) is 0 Å². The molecular weight excluding hydrogens is 292 g/mol. The minimum atomic E-state index is -0.406. The molecule has 0 aliphatic carbocycles. The molecule has 2 amide bonds. The largest absolute Gasteiger partial charge is 0.491 e. The van der Waals surface area contributed by atoms with E-state index in [1.54, 1.807) is 0 Å². The van der Waals surface area contributed by atoms with E-state index >= 15 is 0 Å². The zero-order chi connectivity index (χ0) is 17.0. The molecule has 23 heavy (non-hydrogen) atoms. The van der Waals surface area contributed by atoms with E-state index in [4.69, 9.17) is 4.74 Å². The SMILES string of the molecule is C[C@H](COc1ccc(C(C)(C)C)cc1)NC(=O)[C@@H]1CCC(=O)N1. The van der Waals surface area contributed by atoms with Crippen molar-refractivity contribution in [1.29, 1.82) is 0 Å². The van der Waals surface area contributed by atoms with Crippen molar-refractivity contribution in [2.24, 2.45) is 0 Å². The molecule has 5 nitrogen and oxygen atoms in total. The van der Waals surface area contributed by atoms with Crippen LogP contribution in [0.25, 0.3) is 0 Å². The molecule has 0 unspecified atom stereocenters. The van der Waals surface area contributed by atoms with Crippen LogP contribution in [-0.2, 0) is 15.0 Å². The summed E-state index contributed by atoms with van der Waals surface area (Å²) in [5.41, 5.74) is 1.37. The van der Waals surface area contributed by atoms with Crippen LogP contribution in [0.1, 0.15) is 46.1 Å². The van der Waals surface area contributed by atoms with E-state index in [1.807, 2.05) is 19.1 Å². The predicted molar refractivity (Wildman–Crippen MR) is 89.4 cm³/mol. The highest BCUT2D eigenvalue weighted by molar-refractivity contribution is 5.90. The maximum atomic E-state index is 12.0. The lowest BCUT2D eigenvalue weighted by atomic mass is 9.87. The van der Waals surface area contributed by atoms with Gasteiger partial charge in [-0.1, -0.05) is 32.9 Å². The lowest BCUT2D eigenvalue weighted by Crippen LogP contribution is -2.46. The minimum absolute atomic E-state index is 0.0620. The second-order valence-electron chi connectivity index (χ2n) is 7.15. The van der Waals surface area contributed by atoms with Crippen LogP contribution in [0.3, 0.4) is 0 Å². The Morgan fingerprint density at radius 3 is 2.52 bits per heavy atom. The summed E-state index contributed by atoms with van der Waals surface area (Å²) in [6.07, 6.45) is 0.982. The van der Waals surface area contributed by atoms with Crippen LogP contribution in [0.4, 0.5) is 0 Å². The van der Waals surface area contributed by atoms with Crippen LogP contribution in [0.5, 0.6) is 5.75 Å². The van der Waals surface area contributed by atoms with E-state index < -0.39 is 6.04 Å². The van der Waals surface area contributed by atoms with Gasteiger partial charge in [-0.15, -0.1) is 0 Å². The van der Waals surface area contributed by atoms with Gasteiger partial charge in [0.05, 0.1) is 6.04 Å². The first-order valence-corrected chi connectivity index (χ1v) is 8.09. The van der Waals surface area contributed by atoms with Gasteiger partial charge in [0.15, 0.2) is 0 Å². The molecule has 0 saturated carbocycles. The topological polar surface area (TPSA) is 67.4 Å². The predicted octanol–water partition coefficient (Wildman–Crippen LogP) is 2.15. The van der Waals surface area contributed by atoms with E-state index in [9.17, 15) is 9.59 Å².